The van der Waals surface area contributed by atoms with Gasteiger partial charge in [-0.25, -0.2) is 24.3 Å². The van der Waals surface area contributed by atoms with E-state index in [-0.39, 0.29) is 17.1 Å². The summed E-state index contributed by atoms with van der Waals surface area (Å²) in [5.41, 5.74) is 2.28. The Morgan fingerprint density at radius 3 is 2.62 bits per heavy atom. The highest BCUT2D eigenvalue weighted by Gasteiger charge is 2.29. The molecule has 182 valence electrons. The predicted molar refractivity (Wildman–Crippen MR) is 139 cm³/mol. The van der Waals surface area contributed by atoms with Crippen LogP contribution in [-0.4, -0.2) is 37.1 Å². The van der Waals surface area contributed by atoms with Crippen molar-refractivity contribution in [3.63, 3.8) is 0 Å². The highest BCUT2D eigenvalue weighted by atomic mass is 35.5. The van der Waals surface area contributed by atoms with Gasteiger partial charge in [0.1, 0.15) is 17.3 Å². The second-order valence-electron chi connectivity index (χ2n) is 9.68. The normalized spacial score (nSPS) is 18.8. The number of unbranched alkanes of at least 4 members (excludes halogenated alkanes) is 1. The lowest BCUT2D eigenvalue weighted by atomic mass is 9.95. The summed E-state index contributed by atoms with van der Waals surface area (Å²) in [4.78, 5) is 34.3. The topological polar surface area (TPSA) is 76.8 Å². The van der Waals surface area contributed by atoms with E-state index in [2.05, 4.69) is 59.5 Å². The molecule has 3 aromatic rings. The largest absolute Gasteiger partial charge is 0.355 e. The standard InChI is InChI=1S/C25H32Cl2N6O/c1-6-7-8-19-21(20(14(2)3)29-13-28-19)33-24-17(11-18(26)22(27)30-24)23(31-25(33)34)32-12-15(4)9-10-16(32)5/h11,13-16H,6-10,12H2,1-5H3/t15-,16-/m0/s1. The lowest BCUT2D eigenvalue weighted by Gasteiger charge is -2.38. The number of pyridine rings is 1. The highest BCUT2D eigenvalue weighted by molar-refractivity contribution is 6.41. The number of nitrogens with zero attached hydrogens (tertiary/aromatic N) is 6. The molecule has 3 aromatic heterocycles. The van der Waals surface area contributed by atoms with Crippen LogP contribution in [0.1, 0.15) is 77.6 Å². The molecule has 0 unspecified atom stereocenters. The van der Waals surface area contributed by atoms with Crippen LogP contribution in [-0.2, 0) is 6.42 Å². The molecule has 34 heavy (non-hydrogen) atoms. The zero-order valence-corrected chi connectivity index (χ0v) is 22.0. The Labute approximate surface area is 210 Å². The Kier molecular flexibility index (Phi) is 7.43. The molecule has 0 radical (unpaired) electrons. The summed E-state index contributed by atoms with van der Waals surface area (Å²) in [5.74, 6) is 1.19. The van der Waals surface area contributed by atoms with Gasteiger partial charge in [-0.05, 0) is 50.5 Å². The van der Waals surface area contributed by atoms with E-state index in [4.69, 9.17) is 23.2 Å². The molecular weight excluding hydrogens is 471 g/mol. The van der Waals surface area contributed by atoms with Crippen LogP contribution >= 0.6 is 23.2 Å². The Morgan fingerprint density at radius 2 is 1.91 bits per heavy atom. The molecule has 1 aliphatic heterocycles. The molecule has 0 saturated carbocycles. The number of aryl methyl sites for hydroxylation is 1. The SMILES string of the molecule is CCCCc1ncnc(C(C)C)c1-n1c(=O)nc(N2C[C@@H](C)CC[C@@H]2C)c2cc(Cl)c(Cl)nc21. The summed E-state index contributed by atoms with van der Waals surface area (Å²) >= 11 is 12.8. The fraction of sp³-hybridized carbons (Fsp3) is 0.560. The van der Waals surface area contributed by atoms with Gasteiger partial charge >= 0.3 is 5.69 Å². The van der Waals surface area contributed by atoms with E-state index in [1.165, 1.54) is 0 Å². The third kappa shape index (κ3) is 4.65. The van der Waals surface area contributed by atoms with Gasteiger partial charge in [-0.3, -0.25) is 0 Å². The molecule has 1 saturated heterocycles. The predicted octanol–water partition coefficient (Wildman–Crippen LogP) is 5.97. The van der Waals surface area contributed by atoms with Crippen LogP contribution in [0, 0.1) is 5.92 Å². The summed E-state index contributed by atoms with van der Waals surface area (Å²) in [6.07, 6.45) is 6.45. The van der Waals surface area contributed by atoms with E-state index < -0.39 is 5.69 Å². The maximum atomic E-state index is 13.7. The maximum Gasteiger partial charge on any atom is 0.355 e. The second kappa shape index (κ2) is 10.2. The number of anilines is 1. The second-order valence-corrected chi connectivity index (χ2v) is 10.4. The van der Waals surface area contributed by atoms with Crippen molar-refractivity contribution < 1.29 is 0 Å². The fourth-order valence-corrected chi connectivity index (χ4v) is 5.00. The average Bonchev–Trinajstić information content (AvgIpc) is 2.80. The third-order valence-corrected chi connectivity index (χ3v) is 7.29. The van der Waals surface area contributed by atoms with Crippen LogP contribution < -0.4 is 10.6 Å². The van der Waals surface area contributed by atoms with Crippen molar-refractivity contribution >= 4 is 40.1 Å². The van der Waals surface area contributed by atoms with Crippen LogP contribution in [0.15, 0.2) is 17.2 Å². The zero-order valence-electron chi connectivity index (χ0n) is 20.5. The van der Waals surface area contributed by atoms with Gasteiger partial charge in [-0.1, -0.05) is 57.3 Å². The number of hydrogen-bond donors (Lipinski definition) is 0. The minimum atomic E-state index is -0.409. The first kappa shape index (κ1) is 24.9. The van der Waals surface area contributed by atoms with Crippen molar-refractivity contribution in [1.29, 1.82) is 0 Å². The molecule has 4 rings (SSSR count). The summed E-state index contributed by atoms with van der Waals surface area (Å²) in [7, 11) is 0. The average molecular weight is 503 g/mol. The molecule has 1 fully saturated rings. The number of fused-ring (bicyclic) bond motifs is 1. The Hall–Kier alpha value is -2.25. The molecule has 7 nitrogen and oxygen atoms in total. The summed E-state index contributed by atoms with van der Waals surface area (Å²) in [6.45, 7) is 11.4. The number of piperidine rings is 1. The summed E-state index contributed by atoms with van der Waals surface area (Å²) in [6, 6.07) is 2.03. The highest BCUT2D eigenvalue weighted by Crippen LogP contribution is 2.35. The van der Waals surface area contributed by atoms with Crippen molar-refractivity contribution in [3.8, 4) is 5.69 Å². The first-order valence-corrected chi connectivity index (χ1v) is 12.9. The molecule has 0 spiro atoms. The van der Waals surface area contributed by atoms with Crippen LogP contribution in [0.4, 0.5) is 5.82 Å². The maximum absolute atomic E-state index is 13.7. The number of halogens is 2. The van der Waals surface area contributed by atoms with Gasteiger partial charge in [0, 0.05) is 12.6 Å². The fourth-order valence-electron chi connectivity index (χ4n) is 4.71. The van der Waals surface area contributed by atoms with Crippen molar-refractivity contribution in [2.75, 3.05) is 11.4 Å². The number of rotatable bonds is 6. The quantitative estimate of drug-likeness (QED) is 0.386. The number of aromatic nitrogens is 5. The van der Waals surface area contributed by atoms with Gasteiger partial charge in [0.15, 0.2) is 5.65 Å². The van der Waals surface area contributed by atoms with Gasteiger partial charge in [-0.2, -0.15) is 4.98 Å². The Morgan fingerprint density at radius 1 is 1.15 bits per heavy atom. The first-order chi connectivity index (χ1) is 16.2. The van der Waals surface area contributed by atoms with Crippen molar-refractivity contribution in [2.24, 2.45) is 5.92 Å². The minimum Gasteiger partial charge on any atom is -0.353 e. The van der Waals surface area contributed by atoms with Crippen molar-refractivity contribution in [1.82, 2.24) is 24.5 Å². The molecule has 0 aliphatic carbocycles. The Balaban J connectivity index is 2.06. The minimum absolute atomic E-state index is 0.0748. The van der Waals surface area contributed by atoms with Gasteiger partial charge in [0.25, 0.3) is 0 Å². The van der Waals surface area contributed by atoms with Crippen molar-refractivity contribution in [3.05, 3.63) is 44.4 Å². The van der Waals surface area contributed by atoms with E-state index >= 15 is 0 Å². The van der Waals surface area contributed by atoms with Crippen LogP contribution in [0.25, 0.3) is 16.7 Å². The molecule has 0 N–H and O–H groups in total. The van der Waals surface area contributed by atoms with E-state index in [0.717, 1.165) is 50.0 Å². The van der Waals surface area contributed by atoms with E-state index in [0.29, 0.717) is 33.5 Å². The van der Waals surface area contributed by atoms with Gasteiger partial charge in [0.2, 0.25) is 0 Å². The molecule has 1 aliphatic rings. The zero-order chi connectivity index (χ0) is 24.6. The lowest BCUT2D eigenvalue weighted by Crippen LogP contribution is -2.43. The molecule has 4 heterocycles. The molecule has 0 aromatic carbocycles. The molecular formula is C25H32Cl2N6O. The van der Waals surface area contributed by atoms with Crippen LogP contribution in [0.3, 0.4) is 0 Å². The monoisotopic (exact) mass is 502 g/mol. The van der Waals surface area contributed by atoms with Crippen LogP contribution in [0.5, 0.6) is 0 Å². The first-order valence-electron chi connectivity index (χ1n) is 12.1. The van der Waals surface area contributed by atoms with E-state index in [9.17, 15) is 4.79 Å². The Bertz CT molecular complexity index is 1260. The molecule has 0 bridgehead atoms. The van der Waals surface area contributed by atoms with Gasteiger partial charge < -0.3 is 4.90 Å². The molecule has 2 atom stereocenters. The van der Waals surface area contributed by atoms with Gasteiger partial charge in [-0.15, -0.1) is 0 Å². The number of hydrogen-bond acceptors (Lipinski definition) is 6. The smallest absolute Gasteiger partial charge is 0.353 e. The summed E-state index contributed by atoms with van der Waals surface area (Å²) < 4.78 is 1.54. The van der Waals surface area contributed by atoms with Crippen molar-refractivity contribution in [2.45, 2.75) is 78.7 Å². The van der Waals surface area contributed by atoms with Gasteiger partial charge in [0.05, 0.1) is 27.5 Å². The van der Waals surface area contributed by atoms with E-state index in [1.807, 2.05) is 0 Å². The molecule has 9 heteroatoms. The molecule has 0 amide bonds. The third-order valence-electron chi connectivity index (χ3n) is 6.61. The lowest BCUT2D eigenvalue weighted by molar-refractivity contribution is 0.388. The van der Waals surface area contributed by atoms with E-state index in [1.54, 1.807) is 17.0 Å². The van der Waals surface area contributed by atoms with Crippen LogP contribution in [0.2, 0.25) is 10.2 Å². The summed E-state index contributed by atoms with van der Waals surface area (Å²) in [5, 5.41) is 1.19.